The lowest BCUT2D eigenvalue weighted by Gasteiger charge is -1.98. The van der Waals surface area contributed by atoms with Crippen molar-refractivity contribution in [3.63, 3.8) is 0 Å². The standard InChI is InChI=1S/C6H12N2O2S/c1-11(9,10)6-5-8-4-2-3-7/h8H,2,4-6H2,1H3. The molecule has 0 aromatic rings. The molecular formula is C6H12N2O2S. The maximum atomic E-state index is 10.6. The second-order valence-corrected chi connectivity index (χ2v) is 4.55. The van der Waals surface area contributed by atoms with Gasteiger partial charge in [-0.3, -0.25) is 0 Å². The number of hydrogen-bond acceptors (Lipinski definition) is 4. The molecule has 11 heavy (non-hydrogen) atoms. The number of hydrogen-bond donors (Lipinski definition) is 1. The van der Waals surface area contributed by atoms with E-state index in [2.05, 4.69) is 5.32 Å². The molecule has 0 bridgehead atoms. The zero-order chi connectivity index (χ0) is 8.74. The van der Waals surface area contributed by atoms with Gasteiger partial charge in [-0.05, 0) is 0 Å². The molecule has 0 unspecified atom stereocenters. The number of sulfone groups is 1. The van der Waals surface area contributed by atoms with E-state index in [1.165, 1.54) is 6.26 Å². The van der Waals surface area contributed by atoms with Gasteiger partial charge in [0.15, 0.2) is 0 Å². The third-order valence-electron chi connectivity index (χ3n) is 1.06. The van der Waals surface area contributed by atoms with E-state index in [1.54, 1.807) is 0 Å². The van der Waals surface area contributed by atoms with Gasteiger partial charge in [0.05, 0.1) is 11.8 Å². The van der Waals surface area contributed by atoms with Crippen LogP contribution in [0.25, 0.3) is 0 Å². The van der Waals surface area contributed by atoms with Gasteiger partial charge >= 0.3 is 0 Å². The van der Waals surface area contributed by atoms with Gasteiger partial charge in [-0.2, -0.15) is 5.26 Å². The smallest absolute Gasteiger partial charge is 0.148 e. The van der Waals surface area contributed by atoms with Gasteiger partial charge in [0, 0.05) is 25.8 Å². The molecule has 0 aromatic heterocycles. The predicted molar refractivity (Wildman–Crippen MR) is 42.8 cm³/mol. The fraction of sp³-hybridized carbons (Fsp3) is 0.833. The summed E-state index contributed by atoms with van der Waals surface area (Å²) in [5, 5.41) is 11.0. The zero-order valence-corrected chi connectivity index (χ0v) is 7.32. The average molecular weight is 176 g/mol. The second kappa shape index (κ2) is 5.10. The van der Waals surface area contributed by atoms with Gasteiger partial charge in [0.1, 0.15) is 9.84 Å². The first-order valence-electron chi connectivity index (χ1n) is 3.31. The van der Waals surface area contributed by atoms with E-state index < -0.39 is 9.84 Å². The minimum Gasteiger partial charge on any atom is -0.315 e. The Hall–Kier alpha value is -0.600. The Morgan fingerprint density at radius 1 is 1.45 bits per heavy atom. The molecule has 0 aliphatic carbocycles. The van der Waals surface area contributed by atoms with Crippen LogP contribution in [0.15, 0.2) is 0 Å². The minimum atomic E-state index is -2.86. The van der Waals surface area contributed by atoms with Crippen molar-refractivity contribution >= 4 is 9.84 Å². The summed E-state index contributed by atoms with van der Waals surface area (Å²) in [6.45, 7) is 0.993. The van der Waals surface area contributed by atoms with Crippen LogP contribution in [0, 0.1) is 11.3 Å². The summed E-state index contributed by atoms with van der Waals surface area (Å²) < 4.78 is 21.1. The third-order valence-corrected chi connectivity index (χ3v) is 2.01. The van der Waals surface area contributed by atoms with Gasteiger partial charge in [0.2, 0.25) is 0 Å². The van der Waals surface area contributed by atoms with E-state index in [-0.39, 0.29) is 5.75 Å². The molecule has 4 nitrogen and oxygen atoms in total. The van der Waals surface area contributed by atoms with E-state index in [4.69, 9.17) is 5.26 Å². The Labute approximate surface area is 67.1 Å². The first-order chi connectivity index (χ1) is 5.06. The topological polar surface area (TPSA) is 70.0 Å². The Kier molecular flexibility index (Phi) is 4.83. The highest BCUT2D eigenvalue weighted by Crippen LogP contribution is 1.79. The van der Waals surface area contributed by atoms with Crippen molar-refractivity contribution in [2.75, 3.05) is 25.1 Å². The Bertz CT molecular complexity index is 227. The highest BCUT2D eigenvalue weighted by molar-refractivity contribution is 7.90. The van der Waals surface area contributed by atoms with Crippen molar-refractivity contribution in [1.29, 1.82) is 5.26 Å². The molecule has 5 heteroatoms. The maximum Gasteiger partial charge on any atom is 0.148 e. The van der Waals surface area contributed by atoms with E-state index in [9.17, 15) is 8.42 Å². The molecule has 64 valence electrons. The van der Waals surface area contributed by atoms with Crippen LogP contribution >= 0.6 is 0 Å². The van der Waals surface area contributed by atoms with Crippen molar-refractivity contribution in [2.45, 2.75) is 6.42 Å². The first-order valence-corrected chi connectivity index (χ1v) is 5.38. The van der Waals surface area contributed by atoms with Crippen LogP contribution in [0.3, 0.4) is 0 Å². The molecule has 0 aliphatic heterocycles. The number of nitrogens with zero attached hydrogens (tertiary/aromatic N) is 1. The molecule has 0 spiro atoms. The van der Waals surface area contributed by atoms with E-state index in [0.29, 0.717) is 19.5 Å². The first kappa shape index (κ1) is 10.4. The normalized spacial score (nSPS) is 10.9. The molecule has 0 amide bonds. The average Bonchev–Trinajstić information content (AvgIpc) is 1.85. The molecule has 0 saturated carbocycles. The summed E-state index contributed by atoms with van der Waals surface area (Å²) in [5.41, 5.74) is 0. The molecule has 0 fully saturated rings. The molecule has 0 radical (unpaired) electrons. The summed E-state index contributed by atoms with van der Waals surface area (Å²) in [6, 6.07) is 1.95. The van der Waals surface area contributed by atoms with Crippen molar-refractivity contribution in [2.24, 2.45) is 0 Å². The Morgan fingerprint density at radius 2 is 2.09 bits per heavy atom. The molecule has 0 aliphatic rings. The second-order valence-electron chi connectivity index (χ2n) is 2.29. The quantitative estimate of drug-likeness (QED) is 0.575. The summed E-state index contributed by atoms with van der Waals surface area (Å²) in [7, 11) is -2.86. The van der Waals surface area contributed by atoms with Crippen LogP contribution in [0.1, 0.15) is 6.42 Å². The van der Waals surface area contributed by atoms with E-state index in [0.717, 1.165) is 0 Å². The zero-order valence-electron chi connectivity index (χ0n) is 6.50. The molecule has 1 N–H and O–H groups in total. The van der Waals surface area contributed by atoms with Gasteiger partial charge < -0.3 is 5.32 Å². The summed E-state index contributed by atoms with van der Waals surface area (Å²) in [6.07, 6.45) is 1.61. The highest BCUT2D eigenvalue weighted by Gasteiger charge is 1.99. The summed E-state index contributed by atoms with van der Waals surface area (Å²) in [4.78, 5) is 0. The van der Waals surface area contributed by atoms with Crippen LogP contribution in [-0.4, -0.2) is 33.5 Å². The van der Waals surface area contributed by atoms with Crippen LogP contribution in [0.5, 0.6) is 0 Å². The third kappa shape index (κ3) is 9.40. The van der Waals surface area contributed by atoms with Crippen LogP contribution in [0.2, 0.25) is 0 Å². The van der Waals surface area contributed by atoms with Crippen LogP contribution < -0.4 is 5.32 Å². The molecule has 0 atom stereocenters. The van der Waals surface area contributed by atoms with Gasteiger partial charge in [0.25, 0.3) is 0 Å². The Balaban J connectivity index is 3.24. The lowest BCUT2D eigenvalue weighted by atomic mass is 10.5. The fourth-order valence-corrected chi connectivity index (χ4v) is 1.04. The SMILES string of the molecule is CS(=O)(=O)CCNCCC#N. The van der Waals surface area contributed by atoms with Crippen molar-refractivity contribution in [1.82, 2.24) is 5.32 Å². The van der Waals surface area contributed by atoms with Crippen LogP contribution in [0.4, 0.5) is 0 Å². The molecule has 0 rings (SSSR count). The lowest BCUT2D eigenvalue weighted by Crippen LogP contribution is -2.22. The monoisotopic (exact) mass is 176 g/mol. The Morgan fingerprint density at radius 3 is 2.55 bits per heavy atom. The van der Waals surface area contributed by atoms with E-state index >= 15 is 0 Å². The molecule has 0 saturated heterocycles. The number of nitrogens with one attached hydrogen (secondary N) is 1. The van der Waals surface area contributed by atoms with Crippen LogP contribution in [-0.2, 0) is 9.84 Å². The number of nitriles is 1. The predicted octanol–water partition coefficient (Wildman–Crippen LogP) is -0.466. The summed E-state index contributed by atoms with van der Waals surface area (Å²) >= 11 is 0. The number of rotatable bonds is 5. The highest BCUT2D eigenvalue weighted by atomic mass is 32.2. The molecule has 0 aromatic carbocycles. The fourth-order valence-electron chi connectivity index (χ4n) is 0.527. The van der Waals surface area contributed by atoms with Gasteiger partial charge in [-0.25, -0.2) is 8.42 Å². The van der Waals surface area contributed by atoms with Crippen molar-refractivity contribution in [3.05, 3.63) is 0 Å². The maximum absolute atomic E-state index is 10.6. The van der Waals surface area contributed by atoms with Crippen molar-refractivity contribution < 1.29 is 8.42 Å². The van der Waals surface area contributed by atoms with Crippen molar-refractivity contribution in [3.8, 4) is 6.07 Å². The summed E-state index contributed by atoms with van der Waals surface area (Å²) in [5.74, 6) is 0.137. The largest absolute Gasteiger partial charge is 0.315 e. The molecular weight excluding hydrogens is 164 g/mol. The minimum absolute atomic E-state index is 0.137. The van der Waals surface area contributed by atoms with E-state index in [1.807, 2.05) is 6.07 Å². The van der Waals surface area contributed by atoms with Gasteiger partial charge in [-0.1, -0.05) is 0 Å². The lowest BCUT2D eigenvalue weighted by molar-refractivity contribution is 0.597. The van der Waals surface area contributed by atoms with Gasteiger partial charge in [-0.15, -0.1) is 0 Å². The molecule has 0 heterocycles.